The van der Waals surface area contributed by atoms with Crippen molar-refractivity contribution in [2.24, 2.45) is 0 Å². The van der Waals surface area contributed by atoms with Gasteiger partial charge in [-0.3, -0.25) is 4.79 Å². The average Bonchev–Trinajstić information content (AvgIpc) is 3.27. The molecule has 5 heteroatoms. The van der Waals surface area contributed by atoms with E-state index in [1.807, 2.05) is 24.3 Å². The van der Waals surface area contributed by atoms with E-state index in [0.29, 0.717) is 24.7 Å². The van der Waals surface area contributed by atoms with Crippen LogP contribution in [0.5, 0.6) is 11.5 Å². The third-order valence-electron chi connectivity index (χ3n) is 7.10. The quantitative estimate of drug-likeness (QED) is 0.555. The van der Waals surface area contributed by atoms with Crippen LogP contribution in [0.1, 0.15) is 36.1 Å². The molecule has 1 atom stereocenters. The van der Waals surface area contributed by atoms with E-state index >= 15 is 0 Å². The van der Waals surface area contributed by atoms with Crippen LogP contribution in [0.25, 0.3) is 6.08 Å². The predicted octanol–water partition coefficient (Wildman–Crippen LogP) is 5.22. The molecule has 0 aliphatic carbocycles. The topological polar surface area (TPSA) is 50.8 Å². The van der Waals surface area contributed by atoms with Gasteiger partial charge in [0, 0.05) is 11.1 Å². The van der Waals surface area contributed by atoms with Gasteiger partial charge in [-0.1, -0.05) is 74.0 Å². The fourth-order valence-electron chi connectivity index (χ4n) is 5.11. The smallest absolute Gasteiger partial charge is 0.241 e. The van der Waals surface area contributed by atoms with E-state index in [1.54, 1.807) is 7.11 Å². The zero-order valence-electron chi connectivity index (χ0n) is 20.1. The maximum absolute atomic E-state index is 12.5. The fourth-order valence-corrected chi connectivity index (χ4v) is 5.11. The Morgan fingerprint density at radius 1 is 1.03 bits per heavy atom. The average molecular weight is 455 g/mol. The van der Waals surface area contributed by atoms with Gasteiger partial charge in [0.05, 0.1) is 13.7 Å². The first-order chi connectivity index (χ1) is 16.3. The molecule has 174 valence electrons. The molecule has 1 fully saturated rings. The molecule has 0 radical (unpaired) electrons. The van der Waals surface area contributed by atoms with Crippen molar-refractivity contribution in [3.05, 3.63) is 95.1 Å². The van der Waals surface area contributed by atoms with Gasteiger partial charge in [0.25, 0.3) is 0 Å². The molecule has 2 heterocycles. The minimum atomic E-state index is -0.623. The second-order valence-electron chi connectivity index (χ2n) is 9.56. The molecule has 3 aromatic rings. The summed E-state index contributed by atoms with van der Waals surface area (Å²) in [6, 6.07) is 22.5. The second kappa shape index (κ2) is 8.24. The first-order valence-electron chi connectivity index (χ1n) is 11.6. The third kappa shape index (κ3) is 3.52. The molecule has 5 nitrogen and oxygen atoms in total. The van der Waals surface area contributed by atoms with Crippen molar-refractivity contribution >= 4 is 17.7 Å². The number of nitrogens with one attached hydrogen (secondary N) is 1. The molecule has 0 saturated carbocycles. The van der Waals surface area contributed by atoms with Crippen LogP contribution < -0.4 is 19.7 Å². The fraction of sp³-hybridized carbons (Fsp3) is 0.276. The lowest BCUT2D eigenvalue weighted by Gasteiger charge is -2.40. The van der Waals surface area contributed by atoms with Gasteiger partial charge in [-0.25, -0.2) is 0 Å². The van der Waals surface area contributed by atoms with Gasteiger partial charge in [-0.05, 0) is 47.9 Å². The van der Waals surface area contributed by atoms with Gasteiger partial charge in [0.2, 0.25) is 5.91 Å². The molecule has 0 bridgehead atoms. The van der Waals surface area contributed by atoms with E-state index < -0.39 is 5.66 Å². The summed E-state index contributed by atoms with van der Waals surface area (Å²) >= 11 is 0. The Kier molecular flexibility index (Phi) is 5.35. The molecule has 2 aliphatic heterocycles. The number of hydrogen-bond acceptors (Lipinski definition) is 4. The molecular weight excluding hydrogens is 424 g/mol. The zero-order valence-corrected chi connectivity index (χ0v) is 20.1. The van der Waals surface area contributed by atoms with Crippen LogP contribution in [0, 0.1) is 6.92 Å². The first kappa shape index (κ1) is 22.1. The van der Waals surface area contributed by atoms with E-state index in [2.05, 4.69) is 85.6 Å². The maximum atomic E-state index is 12.5. The SMILES string of the molecule is COc1cc(/C=C/[C@@]23NC(=O)CN2c2ccccc2C3(C)C)ccc1OCc1ccc(C)cc1. The molecule has 0 unspecified atom stereocenters. The van der Waals surface area contributed by atoms with Crippen molar-refractivity contribution in [2.45, 2.75) is 38.5 Å². The predicted molar refractivity (Wildman–Crippen MR) is 135 cm³/mol. The Hall–Kier alpha value is -3.73. The Morgan fingerprint density at radius 3 is 2.56 bits per heavy atom. The van der Waals surface area contributed by atoms with Crippen LogP contribution >= 0.6 is 0 Å². The number of fused-ring (bicyclic) bond motifs is 3. The van der Waals surface area contributed by atoms with Crippen LogP contribution in [0.15, 0.2) is 72.8 Å². The molecule has 1 N–H and O–H groups in total. The number of hydrogen-bond donors (Lipinski definition) is 1. The Morgan fingerprint density at radius 2 is 1.79 bits per heavy atom. The third-order valence-corrected chi connectivity index (χ3v) is 7.10. The number of nitrogens with zero attached hydrogens (tertiary/aromatic N) is 1. The molecule has 2 aliphatic rings. The van der Waals surface area contributed by atoms with Crippen molar-refractivity contribution < 1.29 is 14.3 Å². The lowest BCUT2D eigenvalue weighted by Crippen LogP contribution is -2.58. The Labute approximate surface area is 201 Å². The Balaban J connectivity index is 1.41. The van der Waals surface area contributed by atoms with Crippen LogP contribution in [-0.4, -0.2) is 25.2 Å². The van der Waals surface area contributed by atoms with E-state index in [0.717, 1.165) is 16.8 Å². The van der Waals surface area contributed by atoms with Crippen LogP contribution in [0.3, 0.4) is 0 Å². The van der Waals surface area contributed by atoms with Gasteiger partial charge in [0.1, 0.15) is 12.3 Å². The largest absolute Gasteiger partial charge is 0.493 e. The molecule has 34 heavy (non-hydrogen) atoms. The first-order valence-corrected chi connectivity index (χ1v) is 11.6. The molecule has 1 saturated heterocycles. The van der Waals surface area contributed by atoms with Gasteiger partial charge in [-0.15, -0.1) is 0 Å². The molecule has 1 amide bonds. The van der Waals surface area contributed by atoms with Crippen LogP contribution in [-0.2, 0) is 16.8 Å². The molecule has 0 aromatic heterocycles. The van der Waals surface area contributed by atoms with E-state index in [9.17, 15) is 4.79 Å². The minimum Gasteiger partial charge on any atom is -0.493 e. The van der Waals surface area contributed by atoms with Gasteiger partial charge < -0.3 is 19.7 Å². The molecule has 3 aromatic carbocycles. The van der Waals surface area contributed by atoms with Gasteiger partial charge in [-0.2, -0.15) is 0 Å². The highest BCUT2D eigenvalue weighted by Crippen LogP contribution is 2.52. The number of carbonyl (C=O) groups is 1. The Bertz CT molecular complexity index is 1260. The van der Waals surface area contributed by atoms with E-state index in [1.165, 1.54) is 11.1 Å². The van der Waals surface area contributed by atoms with E-state index in [-0.39, 0.29) is 11.3 Å². The van der Waals surface area contributed by atoms with Crippen molar-refractivity contribution in [3.8, 4) is 11.5 Å². The van der Waals surface area contributed by atoms with Gasteiger partial charge in [0.15, 0.2) is 11.5 Å². The lowest BCUT2D eigenvalue weighted by molar-refractivity contribution is -0.118. The summed E-state index contributed by atoms with van der Waals surface area (Å²) in [6.07, 6.45) is 4.16. The number of anilines is 1. The summed E-state index contributed by atoms with van der Waals surface area (Å²) in [4.78, 5) is 14.7. The van der Waals surface area contributed by atoms with Crippen LogP contribution in [0.2, 0.25) is 0 Å². The number of ether oxygens (including phenoxy) is 2. The van der Waals surface area contributed by atoms with Crippen LogP contribution in [0.4, 0.5) is 5.69 Å². The summed E-state index contributed by atoms with van der Waals surface area (Å²) in [6.45, 7) is 7.26. The maximum Gasteiger partial charge on any atom is 0.241 e. The number of para-hydroxylation sites is 1. The standard InChI is InChI=1S/C29H30N2O3/c1-20-9-11-22(12-10-20)19-34-25-14-13-21(17-26(25)33-4)15-16-29-28(2,3)23-7-5-6-8-24(23)31(29)18-27(32)30-29/h5-17H,18-19H2,1-4H3,(H,30,32)/b16-15+/t29-/m1/s1. The summed E-state index contributed by atoms with van der Waals surface area (Å²) < 4.78 is 11.6. The van der Waals surface area contributed by atoms with Crippen molar-refractivity contribution in [1.82, 2.24) is 5.32 Å². The number of rotatable bonds is 6. The highest BCUT2D eigenvalue weighted by atomic mass is 16.5. The van der Waals surface area contributed by atoms with Crippen molar-refractivity contribution in [2.75, 3.05) is 18.6 Å². The highest BCUT2D eigenvalue weighted by Gasteiger charge is 2.59. The highest BCUT2D eigenvalue weighted by molar-refractivity contribution is 5.91. The van der Waals surface area contributed by atoms with Crippen molar-refractivity contribution in [1.29, 1.82) is 0 Å². The minimum absolute atomic E-state index is 0.0321. The number of benzene rings is 3. The number of methoxy groups -OCH3 is 1. The summed E-state index contributed by atoms with van der Waals surface area (Å²) in [5, 5.41) is 3.26. The second-order valence-corrected chi connectivity index (χ2v) is 9.56. The molecular formula is C29H30N2O3. The monoisotopic (exact) mass is 454 g/mol. The number of aryl methyl sites for hydroxylation is 1. The summed E-state index contributed by atoms with van der Waals surface area (Å²) in [5.41, 5.74) is 4.72. The number of amides is 1. The summed E-state index contributed by atoms with van der Waals surface area (Å²) in [5.74, 6) is 1.40. The molecule has 5 rings (SSSR count). The normalized spacial score (nSPS) is 20.2. The zero-order chi connectivity index (χ0) is 23.9. The summed E-state index contributed by atoms with van der Waals surface area (Å²) in [7, 11) is 1.65. The molecule has 0 spiro atoms. The number of carbonyl (C=O) groups excluding carboxylic acids is 1. The van der Waals surface area contributed by atoms with Gasteiger partial charge >= 0.3 is 0 Å². The lowest BCUT2D eigenvalue weighted by atomic mass is 9.75. The van der Waals surface area contributed by atoms with E-state index in [4.69, 9.17) is 9.47 Å². The van der Waals surface area contributed by atoms with Crippen molar-refractivity contribution in [3.63, 3.8) is 0 Å².